The summed E-state index contributed by atoms with van der Waals surface area (Å²) in [6.07, 6.45) is 0.720. The number of ketones is 1. The molecule has 12 heteroatoms. The lowest BCUT2D eigenvalue weighted by atomic mass is 9.52. The highest BCUT2D eigenvalue weighted by molar-refractivity contribution is 6.12. The third-order valence-corrected chi connectivity index (χ3v) is 8.55. The van der Waals surface area contributed by atoms with Crippen molar-refractivity contribution in [1.82, 2.24) is 9.96 Å². The van der Waals surface area contributed by atoms with Crippen molar-refractivity contribution in [3.8, 4) is 5.75 Å². The molecule has 5 rings (SSSR count). The minimum Gasteiger partial charge on any atom is -0.510 e. The summed E-state index contributed by atoms with van der Waals surface area (Å²) in [5, 5.41) is 66.0. The Hall–Kier alpha value is -3.45. The molecule has 1 heterocycles. The number of rotatable bonds is 4. The lowest BCUT2D eigenvalue weighted by molar-refractivity contribution is -0.194. The summed E-state index contributed by atoms with van der Waals surface area (Å²) >= 11 is 0. The van der Waals surface area contributed by atoms with Gasteiger partial charge < -0.3 is 31.3 Å². The summed E-state index contributed by atoms with van der Waals surface area (Å²) in [4.78, 5) is 33.4. The third-order valence-electron chi connectivity index (χ3n) is 8.55. The van der Waals surface area contributed by atoms with E-state index in [1.807, 2.05) is 0 Å². The molecular weight excluding hydrogens is 496 g/mol. The molecule has 1 aliphatic heterocycles. The van der Waals surface area contributed by atoms with Crippen LogP contribution >= 0.6 is 0 Å². The zero-order valence-corrected chi connectivity index (χ0v) is 21.4. The molecule has 12 nitrogen and oxygen atoms in total. The second-order valence-corrected chi connectivity index (χ2v) is 10.9. The minimum absolute atomic E-state index is 0.0306. The first-order chi connectivity index (χ1) is 17.7. The van der Waals surface area contributed by atoms with E-state index in [2.05, 4.69) is 0 Å². The first-order valence-electron chi connectivity index (χ1n) is 12.4. The average Bonchev–Trinajstić information content (AvgIpc) is 3.21. The highest BCUT2D eigenvalue weighted by Crippen LogP contribution is 2.56. The number of aromatic hydroxyl groups is 1. The number of hydrogen-bond acceptors (Lipinski definition) is 10. The van der Waals surface area contributed by atoms with E-state index in [1.54, 1.807) is 20.2 Å². The maximum Gasteiger partial charge on any atom is 0.251 e. The smallest absolute Gasteiger partial charge is 0.251 e. The quantitative estimate of drug-likeness (QED) is 0.284. The summed E-state index contributed by atoms with van der Waals surface area (Å²) in [5.74, 6) is -4.92. The predicted octanol–water partition coefficient (Wildman–Crippen LogP) is 0.260. The normalized spacial score (nSPS) is 33.0. The number of phenols is 1. The van der Waals surface area contributed by atoms with Gasteiger partial charge in [-0.2, -0.15) is 0 Å². The van der Waals surface area contributed by atoms with Gasteiger partial charge in [0.2, 0.25) is 0 Å². The minimum atomic E-state index is -2.61. The van der Waals surface area contributed by atoms with Gasteiger partial charge in [0.05, 0.1) is 30.3 Å². The summed E-state index contributed by atoms with van der Waals surface area (Å²) in [7, 11) is 3.20. The molecule has 0 spiro atoms. The van der Waals surface area contributed by atoms with E-state index in [1.165, 1.54) is 16.0 Å². The Morgan fingerprint density at radius 2 is 1.95 bits per heavy atom. The number of primary amides is 1. The number of aliphatic hydroxyl groups excluding tert-OH is 2. The van der Waals surface area contributed by atoms with Crippen LogP contribution in [0.1, 0.15) is 36.5 Å². The van der Waals surface area contributed by atoms with Crippen LogP contribution in [0.5, 0.6) is 5.75 Å². The van der Waals surface area contributed by atoms with Gasteiger partial charge in [-0.15, -0.1) is 0 Å². The highest BCUT2D eigenvalue weighted by atomic mass is 16.7. The van der Waals surface area contributed by atoms with Crippen LogP contribution in [0.4, 0.5) is 0 Å². The fraction of sp³-hybridized carbons (Fsp3) is 0.500. The Bertz CT molecular complexity index is 1330. The van der Waals surface area contributed by atoms with Crippen molar-refractivity contribution >= 4 is 23.3 Å². The molecule has 0 aromatic heterocycles. The van der Waals surface area contributed by atoms with Crippen LogP contribution in [0.3, 0.4) is 0 Å². The van der Waals surface area contributed by atoms with Crippen molar-refractivity contribution in [2.24, 2.45) is 17.6 Å². The number of amides is 1. The topological polar surface area (TPSA) is 201 Å². The largest absolute Gasteiger partial charge is 0.510 e. The zero-order chi connectivity index (χ0) is 27.9. The van der Waals surface area contributed by atoms with Crippen LogP contribution in [-0.4, -0.2) is 91.0 Å². The van der Waals surface area contributed by atoms with Crippen molar-refractivity contribution in [3.63, 3.8) is 0 Å². The third kappa shape index (κ3) is 3.34. The molecule has 2 fully saturated rings. The zero-order valence-electron chi connectivity index (χ0n) is 21.4. The molecule has 1 unspecified atom stereocenters. The number of nitrogens with one attached hydrogen (secondary N) is 1. The van der Waals surface area contributed by atoms with Crippen molar-refractivity contribution in [2.75, 3.05) is 20.7 Å². The van der Waals surface area contributed by atoms with Crippen LogP contribution < -0.4 is 5.73 Å². The lowest BCUT2D eigenvalue weighted by Crippen LogP contribution is -2.73. The number of carbonyl (C=O) groups excluding carboxylic acids is 2. The van der Waals surface area contributed by atoms with Crippen molar-refractivity contribution < 1.29 is 40.0 Å². The monoisotopic (exact) mass is 528 g/mol. The van der Waals surface area contributed by atoms with Gasteiger partial charge in [0.25, 0.3) is 5.91 Å². The van der Waals surface area contributed by atoms with Gasteiger partial charge in [-0.05, 0) is 57.0 Å². The Kier molecular flexibility index (Phi) is 5.87. The van der Waals surface area contributed by atoms with E-state index in [0.717, 1.165) is 6.92 Å². The number of amidine groups is 1. The Labute approximate surface area is 218 Å². The Morgan fingerprint density at radius 3 is 2.53 bits per heavy atom. The molecule has 0 bridgehead atoms. The molecule has 1 saturated heterocycles. The fourth-order valence-electron chi connectivity index (χ4n) is 6.78. The number of benzene rings is 1. The first-order valence-corrected chi connectivity index (χ1v) is 12.4. The van der Waals surface area contributed by atoms with Crippen molar-refractivity contribution in [1.29, 1.82) is 5.41 Å². The molecule has 4 aliphatic rings. The van der Waals surface area contributed by atoms with Crippen LogP contribution in [0.2, 0.25) is 0 Å². The number of fused-ring (bicyclic) bond motifs is 3. The molecular formula is C26H32N4O8. The maximum atomic E-state index is 14.1. The van der Waals surface area contributed by atoms with Crippen molar-refractivity contribution in [3.05, 3.63) is 45.7 Å². The van der Waals surface area contributed by atoms with Gasteiger partial charge in [-0.1, -0.05) is 6.07 Å². The van der Waals surface area contributed by atoms with E-state index in [9.17, 15) is 35.1 Å². The number of nitrogens with zero attached hydrogens (tertiary/aromatic N) is 2. The van der Waals surface area contributed by atoms with Crippen LogP contribution in [0, 0.1) is 17.2 Å². The molecule has 3 aliphatic carbocycles. The maximum absolute atomic E-state index is 14.1. The Balaban J connectivity index is 1.68. The molecule has 5 atom stereocenters. The number of hydrogen-bond donors (Lipinski definition) is 7. The molecule has 8 N–H and O–H groups in total. The standard InChI is InChI=1S/C26H32N4O8/c1-25(36)19(24(28)35)22(33)20(29(2)3)14-9-12-8-13-11(10-30-16(27)6-7-38-30)4-5-15(31)18(13)21(32)17(12)23(34)26(14,25)37/h4-5,12,14,20,27,31-33,36-37H,6-10H2,1-3H3,(H2,28,35)/t12-,14-,20-,25?,26-/m0/s1. The van der Waals surface area contributed by atoms with Crippen LogP contribution in [0.25, 0.3) is 5.76 Å². The van der Waals surface area contributed by atoms with Gasteiger partial charge >= 0.3 is 0 Å². The molecule has 0 radical (unpaired) electrons. The van der Waals surface area contributed by atoms with Gasteiger partial charge in [0.1, 0.15) is 28.7 Å². The number of likely N-dealkylation sites (N-methyl/N-ethyl adjacent to an activating group) is 1. The lowest BCUT2D eigenvalue weighted by Gasteiger charge is -2.56. The van der Waals surface area contributed by atoms with Crippen molar-refractivity contribution in [2.45, 2.75) is 50.0 Å². The molecule has 1 aromatic rings. The predicted molar refractivity (Wildman–Crippen MR) is 134 cm³/mol. The summed E-state index contributed by atoms with van der Waals surface area (Å²) in [6.45, 7) is 1.62. The van der Waals surface area contributed by atoms with E-state index in [-0.39, 0.29) is 36.3 Å². The second-order valence-electron chi connectivity index (χ2n) is 10.9. The molecule has 1 aromatic carbocycles. The number of aliphatic hydroxyl groups is 4. The Morgan fingerprint density at radius 1 is 1.26 bits per heavy atom. The molecule has 204 valence electrons. The van der Waals surface area contributed by atoms with E-state index < -0.39 is 57.9 Å². The summed E-state index contributed by atoms with van der Waals surface area (Å²) < 4.78 is 0. The fourth-order valence-corrected chi connectivity index (χ4v) is 6.78. The molecule has 38 heavy (non-hydrogen) atoms. The number of hydroxylamine groups is 2. The first kappa shape index (κ1) is 26.2. The number of carbonyl (C=O) groups is 2. The summed E-state index contributed by atoms with van der Waals surface area (Å²) in [5.41, 5.74) is 0.746. The van der Waals surface area contributed by atoms with Gasteiger partial charge in [-0.3, -0.25) is 24.7 Å². The average molecular weight is 529 g/mol. The van der Waals surface area contributed by atoms with Gasteiger partial charge in [0.15, 0.2) is 11.4 Å². The van der Waals surface area contributed by atoms with E-state index >= 15 is 0 Å². The van der Waals surface area contributed by atoms with Gasteiger partial charge in [0, 0.05) is 17.9 Å². The summed E-state index contributed by atoms with van der Waals surface area (Å²) in [6, 6.07) is 2.02. The molecule has 1 saturated carbocycles. The molecule has 1 amide bonds. The number of nitrogens with two attached hydrogens (primary N) is 1. The van der Waals surface area contributed by atoms with Gasteiger partial charge in [-0.25, -0.2) is 5.06 Å². The number of Topliss-reactive ketones (excluding diaryl/α,β-unsaturated/α-hetero) is 1. The number of phenolic OH excluding ortho intramolecular Hbond substituents is 1. The second kappa shape index (κ2) is 8.53. The SMILES string of the molecule is CN(C)[C@@H]1C(O)=C(C(N)=O)C(C)(O)[C@@]2(O)C(=O)C3=C(O)c4c(O)ccc(CN5OCCC5=N)c4C[C@H]3C[C@@H]12. The van der Waals surface area contributed by atoms with Crippen LogP contribution in [0.15, 0.2) is 29.0 Å². The van der Waals surface area contributed by atoms with E-state index in [4.69, 9.17) is 16.0 Å². The highest BCUT2D eigenvalue weighted by Gasteiger charge is 2.69. The van der Waals surface area contributed by atoms with E-state index in [0.29, 0.717) is 30.0 Å². The van der Waals surface area contributed by atoms with Crippen LogP contribution in [-0.2, 0) is 27.4 Å².